The maximum atomic E-state index is 13.4. The van der Waals surface area contributed by atoms with Crippen molar-refractivity contribution >= 4 is 11.7 Å². The van der Waals surface area contributed by atoms with Crippen LogP contribution in [0.4, 0.5) is 0 Å². The Morgan fingerprint density at radius 2 is 1.10 bits per heavy atom. The molecule has 0 saturated carbocycles. The van der Waals surface area contributed by atoms with Crippen LogP contribution in [0, 0.1) is 0 Å². The van der Waals surface area contributed by atoms with Crippen LogP contribution in [-0.2, 0) is 4.84 Å². The van der Waals surface area contributed by atoms with Crippen molar-refractivity contribution in [1.82, 2.24) is 19.9 Å². The molecule has 13 heteroatoms. The average Bonchev–Trinajstić information content (AvgIpc) is 2.99. The van der Waals surface area contributed by atoms with Gasteiger partial charge in [0.15, 0.2) is 0 Å². The van der Waals surface area contributed by atoms with Crippen molar-refractivity contribution in [2.75, 3.05) is 28.4 Å². The zero-order valence-corrected chi connectivity index (χ0v) is 22.3. The first-order valence-corrected chi connectivity index (χ1v) is 11.7. The molecule has 13 nitrogen and oxygen atoms in total. The summed E-state index contributed by atoms with van der Waals surface area (Å²) in [5, 5.41) is 3.99. The van der Waals surface area contributed by atoms with E-state index in [0.717, 1.165) is 5.56 Å². The van der Waals surface area contributed by atoms with Gasteiger partial charge in [0.1, 0.15) is 17.1 Å². The third kappa shape index (κ3) is 6.69. The van der Waals surface area contributed by atoms with Gasteiger partial charge in [0.05, 0.1) is 46.3 Å². The summed E-state index contributed by atoms with van der Waals surface area (Å²) >= 11 is 0. The van der Waals surface area contributed by atoms with Crippen LogP contribution in [0.1, 0.15) is 22.8 Å². The fraction of sp³-hybridized carbons (Fsp3) is 0.185. The van der Waals surface area contributed by atoms with E-state index in [-0.39, 0.29) is 52.6 Å². The van der Waals surface area contributed by atoms with E-state index in [1.54, 1.807) is 13.0 Å². The number of hydrogen-bond acceptors (Lipinski definition) is 13. The number of carbonyl (C=O) groups excluding carboxylic acids is 1. The van der Waals surface area contributed by atoms with E-state index in [4.69, 9.17) is 33.3 Å². The van der Waals surface area contributed by atoms with Crippen molar-refractivity contribution < 1.29 is 38.1 Å². The van der Waals surface area contributed by atoms with Gasteiger partial charge in [-0.05, 0) is 24.6 Å². The first-order chi connectivity index (χ1) is 19.4. The van der Waals surface area contributed by atoms with E-state index >= 15 is 0 Å². The molecule has 0 spiro atoms. The Morgan fingerprint density at radius 1 is 0.650 bits per heavy atom. The summed E-state index contributed by atoms with van der Waals surface area (Å²) in [6.07, 6.45) is 0. The minimum atomic E-state index is -0.898. The molecule has 2 aromatic heterocycles. The minimum Gasteiger partial charge on any atom is -0.481 e. The highest BCUT2D eigenvalue weighted by molar-refractivity contribution is 6.00. The van der Waals surface area contributed by atoms with Crippen molar-refractivity contribution in [2.45, 2.75) is 6.92 Å². The second kappa shape index (κ2) is 12.9. The number of hydrogen-bond donors (Lipinski definition) is 0. The Hall–Kier alpha value is -5.46. The summed E-state index contributed by atoms with van der Waals surface area (Å²) in [4.78, 5) is 35.3. The normalized spacial score (nSPS) is 10.9. The van der Waals surface area contributed by atoms with E-state index in [2.05, 4.69) is 25.1 Å². The number of benzene rings is 2. The summed E-state index contributed by atoms with van der Waals surface area (Å²) < 4.78 is 32.5. The second-order valence-corrected chi connectivity index (χ2v) is 7.73. The maximum absolute atomic E-state index is 13.4. The molecule has 0 amide bonds. The first-order valence-electron chi connectivity index (χ1n) is 11.7. The molecule has 0 fully saturated rings. The molecule has 0 aliphatic rings. The van der Waals surface area contributed by atoms with Crippen LogP contribution in [0.2, 0.25) is 0 Å². The van der Waals surface area contributed by atoms with Crippen LogP contribution in [0.15, 0.2) is 65.8 Å². The van der Waals surface area contributed by atoms with Gasteiger partial charge in [-0.2, -0.15) is 19.9 Å². The quantitative estimate of drug-likeness (QED) is 0.148. The molecule has 0 aliphatic carbocycles. The highest BCUT2D eigenvalue weighted by Gasteiger charge is 2.24. The third-order valence-electron chi connectivity index (χ3n) is 5.21. The molecule has 0 atom stereocenters. The van der Waals surface area contributed by atoms with Crippen LogP contribution >= 0.6 is 0 Å². The summed E-state index contributed by atoms with van der Waals surface area (Å²) in [7, 11) is 5.72. The van der Waals surface area contributed by atoms with Crippen LogP contribution in [0.3, 0.4) is 0 Å². The molecule has 0 unspecified atom stereocenters. The largest absolute Gasteiger partial charge is 0.481 e. The highest BCUT2D eigenvalue weighted by atomic mass is 16.7. The number of methoxy groups -OCH3 is 4. The fourth-order valence-corrected chi connectivity index (χ4v) is 3.24. The summed E-state index contributed by atoms with van der Waals surface area (Å²) in [5.74, 6) is -0.209. The smallest absolute Gasteiger partial charge is 0.373 e. The lowest BCUT2D eigenvalue weighted by Crippen LogP contribution is -2.09. The molecular weight excluding hydrogens is 522 g/mol. The first kappa shape index (κ1) is 27.6. The number of aromatic nitrogens is 4. The van der Waals surface area contributed by atoms with E-state index in [1.165, 1.54) is 52.7 Å². The Balaban J connectivity index is 1.75. The monoisotopic (exact) mass is 547 g/mol. The Morgan fingerprint density at radius 3 is 1.52 bits per heavy atom. The van der Waals surface area contributed by atoms with Gasteiger partial charge in [0.2, 0.25) is 23.5 Å². The number of oxime groups is 1. The van der Waals surface area contributed by atoms with Crippen molar-refractivity contribution in [2.24, 2.45) is 5.16 Å². The Labute approximate surface area is 229 Å². The molecule has 0 N–H and O–H groups in total. The number of carbonyl (C=O) groups is 1. The molecule has 206 valence electrons. The van der Waals surface area contributed by atoms with Crippen molar-refractivity contribution in [1.29, 1.82) is 0 Å². The van der Waals surface area contributed by atoms with Gasteiger partial charge in [-0.15, -0.1) is 0 Å². The standard InChI is InChI=1S/C27H25N5O8/c1-16(17-10-7-6-8-11-17)32-40-25(33)24-18(38-26-28-20(34-2)14-21(29-26)35-3)12-9-13-19(24)39-27-30-22(36-4)15-23(31-27)37-5/h6-15H,1-5H3. The van der Waals surface area contributed by atoms with Crippen LogP contribution in [-0.4, -0.2) is 60.1 Å². The zero-order chi connectivity index (χ0) is 28.5. The molecule has 2 heterocycles. The predicted octanol–water partition coefficient (Wildman–Crippen LogP) is 4.47. The molecule has 4 aromatic rings. The maximum Gasteiger partial charge on any atom is 0.373 e. The van der Waals surface area contributed by atoms with Crippen molar-refractivity contribution in [3.05, 3.63) is 71.8 Å². The van der Waals surface area contributed by atoms with Gasteiger partial charge in [0, 0.05) is 0 Å². The molecular formula is C27H25N5O8. The molecule has 0 aliphatic heterocycles. The minimum absolute atomic E-state index is 0.0137. The van der Waals surface area contributed by atoms with E-state index in [9.17, 15) is 4.79 Å². The van der Waals surface area contributed by atoms with Crippen molar-refractivity contribution in [3.8, 4) is 47.0 Å². The lowest BCUT2D eigenvalue weighted by Gasteiger charge is -2.14. The lowest BCUT2D eigenvalue weighted by atomic mass is 10.1. The number of nitrogens with zero attached hydrogens (tertiary/aromatic N) is 5. The highest BCUT2D eigenvalue weighted by Crippen LogP contribution is 2.35. The average molecular weight is 548 g/mol. The van der Waals surface area contributed by atoms with E-state index < -0.39 is 5.97 Å². The Bertz CT molecular complexity index is 1390. The molecule has 2 aromatic carbocycles. The Kier molecular flexibility index (Phi) is 8.87. The van der Waals surface area contributed by atoms with Gasteiger partial charge < -0.3 is 33.3 Å². The second-order valence-electron chi connectivity index (χ2n) is 7.73. The van der Waals surface area contributed by atoms with Gasteiger partial charge in [-0.3, -0.25) is 0 Å². The lowest BCUT2D eigenvalue weighted by molar-refractivity contribution is 0.0510. The summed E-state index contributed by atoms with van der Waals surface area (Å²) in [6.45, 7) is 1.70. The predicted molar refractivity (Wildman–Crippen MR) is 141 cm³/mol. The van der Waals surface area contributed by atoms with E-state index in [0.29, 0.717) is 5.71 Å². The van der Waals surface area contributed by atoms with E-state index in [1.807, 2.05) is 30.3 Å². The molecule has 0 saturated heterocycles. The summed E-state index contributed by atoms with van der Waals surface area (Å²) in [6, 6.07) is 16.4. The summed E-state index contributed by atoms with van der Waals surface area (Å²) in [5.41, 5.74) is 1.09. The van der Waals surface area contributed by atoms with Gasteiger partial charge in [-0.25, -0.2) is 4.79 Å². The molecule has 0 bridgehead atoms. The number of rotatable bonds is 11. The molecule has 0 radical (unpaired) electrons. The van der Waals surface area contributed by atoms with Crippen LogP contribution in [0.5, 0.6) is 47.0 Å². The molecule has 4 rings (SSSR count). The number of ether oxygens (including phenoxy) is 6. The van der Waals surface area contributed by atoms with Gasteiger partial charge in [-0.1, -0.05) is 41.6 Å². The topological polar surface area (TPSA) is 146 Å². The third-order valence-corrected chi connectivity index (χ3v) is 5.21. The zero-order valence-electron chi connectivity index (χ0n) is 22.3. The SMILES string of the molecule is COc1cc(OC)nc(Oc2cccc(Oc3nc(OC)cc(OC)n3)c2C(=O)ON=C(C)c2ccccc2)n1. The fourth-order valence-electron chi connectivity index (χ4n) is 3.24. The van der Waals surface area contributed by atoms with Crippen LogP contribution in [0.25, 0.3) is 0 Å². The van der Waals surface area contributed by atoms with Gasteiger partial charge >= 0.3 is 18.0 Å². The van der Waals surface area contributed by atoms with Crippen LogP contribution < -0.4 is 28.4 Å². The van der Waals surface area contributed by atoms with Gasteiger partial charge in [0.25, 0.3) is 0 Å². The molecule has 40 heavy (non-hydrogen) atoms. The van der Waals surface area contributed by atoms with Crippen molar-refractivity contribution in [3.63, 3.8) is 0 Å².